The summed E-state index contributed by atoms with van der Waals surface area (Å²) in [7, 11) is 0. The first-order valence-electron chi connectivity index (χ1n) is 5.38. The fourth-order valence-electron chi connectivity index (χ4n) is 1.72. The van der Waals surface area contributed by atoms with Crippen molar-refractivity contribution in [2.45, 2.75) is 25.9 Å². The van der Waals surface area contributed by atoms with Gasteiger partial charge in [0.15, 0.2) is 0 Å². The molecule has 4 nitrogen and oxygen atoms in total. The minimum atomic E-state index is 0. The van der Waals surface area contributed by atoms with E-state index in [1.165, 1.54) is 0 Å². The lowest BCUT2D eigenvalue weighted by Gasteiger charge is -2.38. The van der Waals surface area contributed by atoms with Crippen molar-refractivity contribution in [2.75, 3.05) is 26.3 Å². The summed E-state index contributed by atoms with van der Waals surface area (Å²) in [5.41, 5.74) is 0. The van der Waals surface area contributed by atoms with Crippen LogP contribution in [0.2, 0.25) is 0 Å². The largest absolute Gasteiger partial charge is 0.368 e. The molecule has 0 bridgehead atoms. The van der Waals surface area contributed by atoms with Gasteiger partial charge in [-0.15, -0.1) is 19.0 Å². The molecule has 1 rings (SSSR count). The third-order valence-electron chi connectivity index (χ3n) is 2.82. The maximum absolute atomic E-state index is 11.8. The molecule has 0 aromatic heterocycles. The van der Waals surface area contributed by atoms with Gasteiger partial charge in [-0.1, -0.05) is 6.08 Å². The highest BCUT2D eigenvalue weighted by Crippen LogP contribution is 2.08. The molecule has 1 aliphatic heterocycles. The van der Waals surface area contributed by atoms with E-state index >= 15 is 0 Å². The zero-order chi connectivity index (χ0) is 11.3. The molecule has 0 aromatic rings. The van der Waals surface area contributed by atoms with Crippen molar-refractivity contribution >= 4 is 18.3 Å². The molecular formula is C11H21ClN2O2. The van der Waals surface area contributed by atoms with Crippen molar-refractivity contribution in [1.29, 1.82) is 0 Å². The standard InChI is InChI=1S/C11H20N2O2.ClH/c1-4-7-15-8-11(14)13-6-5-12-9(2)10(13)3;/h4,9-10,12H,1,5-8H2,2-3H3;1H. The molecule has 0 radical (unpaired) electrons. The first-order chi connectivity index (χ1) is 7.16. The van der Waals surface area contributed by atoms with Crippen molar-refractivity contribution in [1.82, 2.24) is 10.2 Å². The highest BCUT2D eigenvalue weighted by molar-refractivity contribution is 5.85. The van der Waals surface area contributed by atoms with E-state index < -0.39 is 0 Å². The Balaban J connectivity index is 0.00000225. The van der Waals surface area contributed by atoms with Crippen LogP contribution >= 0.6 is 12.4 Å². The van der Waals surface area contributed by atoms with Gasteiger partial charge in [-0.2, -0.15) is 0 Å². The van der Waals surface area contributed by atoms with Crippen LogP contribution in [0.5, 0.6) is 0 Å². The Bertz CT molecular complexity index is 236. The number of ether oxygens (including phenoxy) is 1. The summed E-state index contributed by atoms with van der Waals surface area (Å²) in [4.78, 5) is 13.6. The second-order valence-electron chi connectivity index (χ2n) is 3.87. The van der Waals surface area contributed by atoms with Crippen molar-refractivity contribution in [2.24, 2.45) is 0 Å². The third-order valence-corrected chi connectivity index (χ3v) is 2.82. The number of amides is 1. The lowest BCUT2D eigenvalue weighted by atomic mass is 10.1. The Morgan fingerprint density at radius 1 is 1.62 bits per heavy atom. The fraction of sp³-hybridized carbons (Fsp3) is 0.727. The van der Waals surface area contributed by atoms with Crippen LogP contribution in [-0.4, -0.2) is 49.2 Å². The molecule has 1 amide bonds. The zero-order valence-electron chi connectivity index (χ0n) is 9.94. The number of carbonyl (C=O) groups is 1. The molecule has 1 aliphatic rings. The maximum Gasteiger partial charge on any atom is 0.248 e. The van der Waals surface area contributed by atoms with Gasteiger partial charge in [0.2, 0.25) is 5.91 Å². The molecule has 2 atom stereocenters. The molecule has 94 valence electrons. The van der Waals surface area contributed by atoms with Crippen LogP contribution in [0.15, 0.2) is 12.7 Å². The van der Waals surface area contributed by atoms with E-state index in [2.05, 4.69) is 25.7 Å². The monoisotopic (exact) mass is 248 g/mol. The maximum atomic E-state index is 11.8. The predicted molar refractivity (Wildman–Crippen MR) is 66.9 cm³/mol. The van der Waals surface area contributed by atoms with Gasteiger partial charge in [0.1, 0.15) is 6.61 Å². The molecule has 1 fully saturated rings. The van der Waals surface area contributed by atoms with Crippen LogP contribution in [-0.2, 0) is 9.53 Å². The van der Waals surface area contributed by atoms with Crippen LogP contribution in [0, 0.1) is 0 Å². The number of nitrogens with one attached hydrogen (secondary N) is 1. The number of nitrogens with zero attached hydrogens (tertiary/aromatic N) is 1. The normalized spacial score (nSPS) is 24.8. The third kappa shape index (κ3) is 4.12. The van der Waals surface area contributed by atoms with Gasteiger partial charge in [0.05, 0.1) is 6.61 Å². The summed E-state index contributed by atoms with van der Waals surface area (Å²) in [6.45, 7) is 9.90. The van der Waals surface area contributed by atoms with E-state index in [0.29, 0.717) is 12.6 Å². The quantitative estimate of drug-likeness (QED) is 0.592. The van der Waals surface area contributed by atoms with Crippen LogP contribution in [0.4, 0.5) is 0 Å². The van der Waals surface area contributed by atoms with Crippen molar-refractivity contribution in [3.8, 4) is 0 Å². The topological polar surface area (TPSA) is 41.6 Å². The number of hydrogen-bond acceptors (Lipinski definition) is 3. The van der Waals surface area contributed by atoms with E-state index in [1.54, 1.807) is 6.08 Å². The van der Waals surface area contributed by atoms with Gasteiger partial charge in [-0.25, -0.2) is 0 Å². The van der Waals surface area contributed by atoms with E-state index in [1.807, 2.05) is 4.90 Å². The predicted octanol–water partition coefficient (Wildman–Crippen LogP) is 0.820. The lowest BCUT2D eigenvalue weighted by molar-refractivity contribution is -0.139. The molecular weight excluding hydrogens is 228 g/mol. The number of halogens is 1. The number of rotatable bonds is 4. The Morgan fingerprint density at radius 2 is 2.31 bits per heavy atom. The Morgan fingerprint density at radius 3 is 2.94 bits per heavy atom. The number of carbonyl (C=O) groups excluding carboxylic acids is 1. The van der Waals surface area contributed by atoms with Gasteiger partial charge in [0, 0.05) is 25.2 Å². The molecule has 2 unspecified atom stereocenters. The second kappa shape index (κ2) is 7.65. The smallest absolute Gasteiger partial charge is 0.248 e. The molecule has 0 aliphatic carbocycles. The summed E-state index contributed by atoms with van der Waals surface area (Å²) in [6, 6.07) is 0.584. The Hall–Kier alpha value is -0.580. The molecule has 16 heavy (non-hydrogen) atoms. The van der Waals surface area contributed by atoms with Gasteiger partial charge < -0.3 is 15.0 Å². The average molecular weight is 249 g/mol. The summed E-state index contributed by atoms with van der Waals surface area (Å²) in [6.07, 6.45) is 1.65. The van der Waals surface area contributed by atoms with Crippen LogP contribution in [0.1, 0.15) is 13.8 Å². The number of piperazine rings is 1. The van der Waals surface area contributed by atoms with Crippen molar-refractivity contribution in [3.05, 3.63) is 12.7 Å². The molecule has 5 heteroatoms. The van der Waals surface area contributed by atoms with Crippen LogP contribution in [0.3, 0.4) is 0 Å². The first kappa shape index (κ1) is 15.4. The first-order valence-corrected chi connectivity index (χ1v) is 5.38. The van der Waals surface area contributed by atoms with Gasteiger partial charge in [-0.05, 0) is 13.8 Å². The number of hydrogen-bond donors (Lipinski definition) is 1. The van der Waals surface area contributed by atoms with Crippen molar-refractivity contribution < 1.29 is 9.53 Å². The molecule has 1 heterocycles. The summed E-state index contributed by atoms with van der Waals surface area (Å²) in [5, 5.41) is 3.33. The summed E-state index contributed by atoms with van der Waals surface area (Å²) < 4.78 is 5.15. The SMILES string of the molecule is C=CCOCC(=O)N1CCNC(C)C1C.Cl. The molecule has 0 saturated carbocycles. The van der Waals surface area contributed by atoms with Gasteiger partial charge in [-0.3, -0.25) is 4.79 Å². The second-order valence-corrected chi connectivity index (χ2v) is 3.87. The molecule has 0 aromatic carbocycles. The zero-order valence-corrected chi connectivity index (χ0v) is 10.8. The molecule has 1 saturated heterocycles. The highest BCUT2D eigenvalue weighted by atomic mass is 35.5. The van der Waals surface area contributed by atoms with Crippen molar-refractivity contribution in [3.63, 3.8) is 0 Å². The van der Waals surface area contributed by atoms with Crippen LogP contribution < -0.4 is 5.32 Å². The van der Waals surface area contributed by atoms with Gasteiger partial charge >= 0.3 is 0 Å². The Labute approximate surface area is 103 Å². The van der Waals surface area contributed by atoms with Crippen LogP contribution in [0.25, 0.3) is 0 Å². The fourth-order valence-corrected chi connectivity index (χ4v) is 1.72. The van der Waals surface area contributed by atoms with Gasteiger partial charge in [0.25, 0.3) is 0 Å². The van der Waals surface area contributed by atoms with E-state index in [4.69, 9.17) is 4.74 Å². The summed E-state index contributed by atoms with van der Waals surface area (Å²) >= 11 is 0. The Kier molecular flexibility index (Phi) is 7.38. The average Bonchev–Trinajstić information content (AvgIpc) is 2.22. The summed E-state index contributed by atoms with van der Waals surface area (Å²) in [5.74, 6) is 0.0673. The highest BCUT2D eigenvalue weighted by Gasteiger charge is 2.27. The molecule has 0 spiro atoms. The minimum Gasteiger partial charge on any atom is -0.368 e. The lowest BCUT2D eigenvalue weighted by Crippen LogP contribution is -2.57. The minimum absolute atomic E-state index is 0. The van der Waals surface area contributed by atoms with E-state index in [-0.39, 0.29) is 31.0 Å². The van der Waals surface area contributed by atoms with E-state index in [9.17, 15) is 4.79 Å². The van der Waals surface area contributed by atoms with E-state index in [0.717, 1.165) is 13.1 Å². The molecule has 1 N–H and O–H groups in total.